The molecule has 2 unspecified atom stereocenters. The standard InChI is InChI=1S/C71H66N2O2/c1-43(2)58-41-63(72(49-33-29-47(30-34-49)45-17-7-5-8-18-45)61-25-15-23-54-51-21-11-13-27-64(51)74-69(54)61)56-37-38-57-66(44(3)4)60-42-71(60,59-40-39-53(58)67(56)68(57)59)73(50-35-31-48(32-36-50)46-19-9-6-10-20-46)62-26-16-24-55-52-22-12-14-28-65(52)75-70(55)62/h11-16,21-41,43-46,60H,5-10,17-20,42H2,1-4H3. The second-order valence-corrected chi connectivity index (χ2v) is 23.5. The Kier molecular flexibility index (Phi) is 10.5. The highest BCUT2D eigenvalue weighted by Crippen LogP contribution is 2.68. The van der Waals surface area contributed by atoms with E-state index >= 15 is 0 Å². The summed E-state index contributed by atoms with van der Waals surface area (Å²) in [5.74, 6) is 2.19. The summed E-state index contributed by atoms with van der Waals surface area (Å²) in [6.45, 7) is 9.63. The van der Waals surface area contributed by atoms with E-state index in [1.54, 1.807) is 5.57 Å². The summed E-state index contributed by atoms with van der Waals surface area (Å²) >= 11 is 0. The first-order valence-electron chi connectivity index (χ1n) is 28.5. The van der Waals surface area contributed by atoms with Gasteiger partial charge in [-0.2, -0.15) is 0 Å². The number of fused-ring (bicyclic) bond motifs is 8. The van der Waals surface area contributed by atoms with Crippen LogP contribution >= 0.6 is 0 Å². The van der Waals surface area contributed by atoms with Crippen molar-refractivity contribution in [2.45, 2.75) is 122 Å². The van der Waals surface area contributed by atoms with Crippen molar-refractivity contribution in [3.05, 3.63) is 191 Å². The summed E-state index contributed by atoms with van der Waals surface area (Å²) in [5.41, 5.74) is 16.4. The number of anilines is 5. The molecule has 4 nitrogen and oxygen atoms in total. The van der Waals surface area contributed by atoms with E-state index in [1.807, 2.05) is 0 Å². The van der Waals surface area contributed by atoms with Crippen LogP contribution in [0.15, 0.2) is 173 Å². The van der Waals surface area contributed by atoms with Gasteiger partial charge in [0, 0.05) is 44.2 Å². The molecule has 2 atom stereocenters. The molecule has 11 aromatic rings. The van der Waals surface area contributed by atoms with Gasteiger partial charge in [0.05, 0.1) is 22.6 Å². The van der Waals surface area contributed by atoms with E-state index in [2.05, 4.69) is 201 Å². The molecule has 0 aliphatic heterocycles. The first kappa shape index (κ1) is 45.1. The fourth-order valence-corrected chi connectivity index (χ4v) is 15.2. The summed E-state index contributed by atoms with van der Waals surface area (Å²) in [5, 5.41) is 11.4. The minimum Gasteiger partial charge on any atom is -0.454 e. The van der Waals surface area contributed by atoms with Crippen LogP contribution in [0.1, 0.15) is 138 Å². The lowest BCUT2D eigenvalue weighted by Gasteiger charge is -2.40. The third-order valence-corrected chi connectivity index (χ3v) is 18.7. The fraction of sp³-hybridized carbons (Fsp3) is 0.296. The van der Waals surface area contributed by atoms with Crippen molar-refractivity contribution in [1.82, 2.24) is 0 Å². The van der Waals surface area contributed by atoms with Crippen molar-refractivity contribution in [3.8, 4) is 0 Å². The van der Waals surface area contributed by atoms with Gasteiger partial charge in [-0.25, -0.2) is 0 Å². The van der Waals surface area contributed by atoms with Gasteiger partial charge in [-0.3, -0.25) is 0 Å². The summed E-state index contributed by atoms with van der Waals surface area (Å²) in [6, 6.07) is 62.7. The second-order valence-electron chi connectivity index (χ2n) is 23.5. The maximum Gasteiger partial charge on any atom is 0.159 e. The molecule has 0 bridgehead atoms. The zero-order valence-corrected chi connectivity index (χ0v) is 44.0. The van der Waals surface area contributed by atoms with Gasteiger partial charge in [0.2, 0.25) is 0 Å². The maximum absolute atomic E-state index is 7.02. The summed E-state index contributed by atoms with van der Waals surface area (Å²) in [4.78, 5) is 5.29. The Labute approximate surface area is 440 Å². The predicted octanol–water partition coefficient (Wildman–Crippen LogP) is 20.1. The van der Waals surface area contributed by atoms with Crippen molar-refractivity contribution >= 4 is 99.4 Å². The van der Waals surface area contributed by atoms with Crippen LogP contribution in [0.3, 0.4) is 0 Å². The second kappa shape index (κ2) is 17.4. The number of nitrogens with zero attached hydrogens (tertiary/aromatic N) is 2. The van der Waals surface area contributed by atoms with Crippen LogP contribution in [0.5, 0.6) is 0 Å². The Hall–Kier alpha value is -7.30. The lowest BCUT2D eigenvalue weighted by Crippen LogP contribution is -2.38. The number of benzene rings is 9. The number of hydrogen-bond donors (Lipinski definition) is 0. The van der Waals surface area contributed by atoms with Crippen molar-refractivity contribution < 1.29 is 8.83 Å². The van der Waals surface area contributed by atoms with Crippen LogP contribution in [0.2, 0.25) is 0 Å². The van der Waals surface area contributed by atoms with Gasteiger partial charge >= 0.3 is 0 Å². The molecule has 75 heavy (non-hydrogen) atoms. The molecule has 0 N–H and O–H groups in total. The smallest absolute Gasteiger partial charge is 0.159 e. The molecule has 0 amide bonds. The summed E-state index contributed by atoms with van der Waals surface area (Å²) in [6.07, 6.45) is 14.1. The minimum atomic E-state index is -0.350. The van der Waals surface area contributed by atoms with E-state index in [4.69, 9.17) is 8.83 Å². The molecule has 0 spiro atoms. The van der Waals surface area contributed by atoms with Gasteiger partial charge in [-0.05, 0) is 154 Å². The zero-order chi connectivity index (χ0) is 50.1. The van der Waals surface area contributed by atoms with Crippen LogP contribution in [0.25, 0.3) is 71.0 Å². The Morgan fingerprint density at radius 3 is 1.60 bits per heavy atom. The van der Waals surface area contributed by atoms with E-state index in [0.717, 1.165) is 62.0 Å². The highest BCUT2D eigenvalue weighted by Gasteiger charge is 2.64. The van der Waals surface area contributed by atoms with Gasteiger partial charge in [0.1, 0.15) is 11.2 Å². The molecule has 15 rings (SSSR count). The van der Waals surface area contributed by atoms with E-state index < -0.39 is 0 Å². The monoisotopic (exact) mass is 979 g/mol. The van der Waals surface area contributed by atoms with Gasteiger partial charge in [-0.15, -0.1) is 0 Å². The number of furan rings is 2. The molecule has 4 aliphatic carbocycles. The minimum absolute atomic E-state index is 0.271. The van der Waals surface area contributed by atoms with Crippen molar-refractivity contribution in [2.24, 2.45) is 11.8 Å². The molecule has 2 aromatic heterocycles. The average Bonchev–Trinajstić information content (AvgIpc) is 3.91. The van der Waals surface area contributed by atoms with Gasteiger partial charge in [0.15, 0.2) is 11.2 Å². The zero-order valence-electron chi connectivity index (χ0n) is 44.0. The van der Waals surface area contributed by atoms with Crippen LogP contribution in [-0.4, -0.2) is 0 Å². The Balaban J connectivity index is 1.00. The van der Waals surface area contributed by atoms with E-state index in [0.29, 0.717) is 23.7 Å². The lowest BCUT2D eigenvalue weighted by atomic mass is 9.78. The molecular formula is C71H66N2O2. The molecular weight excluding hydrogens is 913 g/mol. The van der Waals surface area contributed by atoms with Crippen molar-refractivity contribution in [1.29, 1.82) is 0 Å². The fourth-order valence-electron chi connectivity index (χ4n) is 15.2. The third kappa shape index (κ3) is 6.86. The number of hydrogen-bond acceptors (Lipinski definition) is 4. The molecule has 2 heterocycles. The normalized spacial score (nSPS) is 19.2. The highest BCUT2D eigenvalue weighted by molar-refractivity contribution is 6.21. The molecule has 0 radical (unpaired) electrons. The van der Waals surface area contributed by atoms with Crippen LogP contribution in [0, 0.1) is 11.8 Å². The Bertz CT molecular complexity index is 4090. The first-order valence-corrected chi connectivity index (χ1v) is 28.5. The van der Waals surface area contributed by atoms with E-state index in [1.165, 1.54) is 130 Å². The largest absolute Gasteiger partial charge is 0.454 e. The first-order chi connectivity index (χ1) is 36.9. The molecule has 4 heteroatoms. The van der Waals surface area contributed by atoms with Crippen molar-refractivity contribution in [3.63, 3.8) is 0 Å². The van der Waals surface area contributed by atoms with Gasteiger partial charge in [0.25, 0.3) is 0 Å². The molecule has 372 valence electrons. The molecule has 3 fully saturated rings. The van der Waals surface area contributed by atoms with Crippen LogP contribution in [-0.2, 0) is 5.54 Å². The number of rotatable bonds is 10. The predicted molar refractivity (Wildman–Crippen MR) is 315 cm³/mol. The molecule has 0 saturated heterocycles. The molecule has 3 saturated carbocycles. The van der Waals surface area contributed by atoms with Crippen LogP contribution in [0.4, 0.5) is 28.4 Å². The number of para-hydroxylation sites is 4. The molecule has 4 aliphatic rings. The topological polar surface area (TPSA) is 32.8 Å². The van der Waals surface area contributed by atoms with Gasteiger partial charge < -0.3 is 18.6 Å². The Morgan fingerprint density at radius 1 is 0.453 bits per heavy atom. The average molecular weight is 979 g/mol. The van der Waals surface area contributed by atoms with E-state index in [-0.39, 0.29) is 11.5 Å². The third-order valence-electron chi connectivity index (χ3n) is 18.7. The Morgan fingerprint density at radius 2 is 1.00 bits per heavy atom. The van der Waals surface area contributed by atoms with Crippen molar-refractivity contribution in [2.75, 3.05) is 9.80 Å². The maximum atomic E-state index is 7.02. The summed E-state index contributed by atoms with van der Waals surface area (Å²) < 4.78 is 14.0. The van der Waals surface area contributed by atoms with E-state index in [9.17, 15) is 0 Å². The SMILES string of the molecule is CC(C)C1=c2ccc3c(N(c4ccc(C5CCCCC5)cc4)c4cccc5c4oc4ccccc45)cc(C(C)C)c4ccc(c2c43)C2(N(c3ccc(C4CCCCC4)cc3)c3cccc4c3oc3ccccc34)CC12. The highest BCUT2D eigenvalue weighted by atomic mass is 16.3. The summed E-state index contributed by atoms with van der Waals surface area (Å²) in [7, 11) is 0. The molecule has 9 aromatic carbocycles. The lowest BCUT2D eigenvalue weighted by molar-refractivity contribution is 0.443. The van der Waals surface area contributed by atoms with Crippen LogP contribution < -0.4 is 15.0 Å². The quantitative estimate of drug-likeness (QED) is 0.137. The van der Waals surface area contributed by atoms with Gasteiger partial charge in [-0.1, -0.05) is 181 Å².